The van der Waals surface area contributed by atoms with Gasteiger partial charge in [-0.1, -0.05) is 38.1 Å². The van der Waals surface area contributed by atoms with Gasteiger partial charge >= 0.3 is 0 Å². The molecule has 0 aliphatic heterocycles. The molecule has 120 valence electrons. The van der Waals surface area contributed by atoms with Crippen LogP contribution in [0.5, 0.6) is 0 Å². The molecule has 1 rings (SSSR count). The fourth-order valence-electron chi connectivity index (χ4n) is 2.11. The van der Waals surface area contributed by atoms with Crippen LogP contribution in [0, 0.1) is 5.92 Å². The van der Waals surface area contributed by atoms with Crippen LogP contribution in [-0.4, -0.2) is 25.7 Å². The molecular formula is C16H27ClN2O2. The van der Waals surface area contributed by atoms with Gasteiger partial charge in [0.05, 0.1) is 6.04 Å². The lowest BCUT2D eigenvalue weighted by molar-refractivity contribution is -0.131. The van der Waals surface area contributed by atoms with Gasteiger partial charge in [-0.25, -0.2) is 0 Å². The molecule has 1 amide bonds. The van der Waals surface area contributed by atoms with E-state index >= 15 is 0 Å². The maximum atomic E-state index is 11.9. The maximum absolute atomic E-state index is 11.9. The minimum atomic E-state index is -0.585. The largest absolute Gasteiger partial charge is 0.370 e. The highest BCUT2D eigenvalue weighted by Gasteiger charge is 2.18. The average Bonchev–Trinajstić information content (AvgIpc) is 2.40. The number of halogens is 1. The Kier molecular flexibility index (Phi) is 9.26. The lowest BCUT2D eigenvalue weighted by atomic mass is 10.00. The predicted molar refractivity (Wildman–Crippen MR) is 88.6 cm³/mol. The highest BCUT2D eigenvalue weighted by molar-refractivity contribution is 5.85. The summed E-state index contributed by atoms with van der Waals surface area (Å²) < 4.78 is 5.02. The Balaban J connectivity index is 0.00000400. The number of nitrogens with two attached hydrogens (primary N) is 1. The number of hydrogen-bond donors (Lipinski definition) is 2. The monoisotopic (exact) mass is 314 g/mol. The average molecular weight is 315 g/mol. The zero-order valence-corrected chi connectivity index (χ0v) is 14.1. The van der Waals surface area contributed by atoms with Gasteiger partial charge in [0.25, 0.3) is 5.91 Å². The molecule has 2 unspecified atom stereocenters. The molecule has 0 heterocycles. The van der Waals surface area contributed by atoms with Crippen molar-refractivity contribution in [2.24, 2.45) is 11.7 Å². The van der Waals surface area contributed by atoms with Gasteiger partial charge in [-0.15, -0.1) is 12.4 Å². The molecule has 3 N–H and O–H groups in total. The molecule has 5 heteroatoms. The van der Waals surface area contributed by atoms with Crippen molar-refractivity contribution in [3.8, 4) is 0 Å². The van der Waals surface area contributed by atoms with Crippen LogP contribution in [0.4, 0.5) is 0 Å². The normalized spacial score (nSPS) is 13.4. The number of benzene rings is 1. The summed E-state index contributed by atoms with van der Waals surface area (Å²) in [6, 6.07) is 8.31. The molecule has 0 saturated carbocycles. The molecule has 0 fully saturated rings. The molecule has 0 spiro atoms. The Labute approximate surface area is 133 Å². The first-order chi connectivity index (χ1) is 9.47. The van der Waals surface area contributed by atoms with E-state index in [0.717, 1.165) is 12.0 Å². The first kappa shape index (κ1) is 19.9. The van der Waals surface area contributed by atoms with Crippen molar-refractivity contribution in [3.63, 3.8) is 0 Å². The predicted octanol–water partition coefficient (Wildman–Crippen LogP) is 2.46. The Hall–Kier alpha value is -1.10. The molecule has 0 saturated heterocycles. The van der Waals surface area contributed by atoms with Gasteiger partial charge in [0.2, 0.25) is 0 Å². The van der Waals surface area contributed by atoms with E-state index < -0.39 is 6.10 Å². The summed E-state index contributed by atoms with van der Waals surface area (Å²) in [7, 11) is 1.49. The van der Waals surface area contributed by atoms with Crippen molar-refractivity contribution < 1.29 is 9.53 Å². The third-order valence-corrected chi connectivity index (χ3v) is 3.27. The molecule has 0 aliphatic rings. The van der Waals surface area contributed by atoms with Gasteiger partial charge in [0.1, 0.15) is 6.10 Å². The summed E-state index contributed by atoms with van der Waals surface area (Å²) in [5, 5.41) is 2.91. The van der Waals surface area contributed by atoms with Crippen molar-refractivity contribution in [3.05, 3.63) is 35.4 Å². The molecule has 1 aromatic rings. The fourth-order valence-corrected chi connectivity index (χ4v) is 2.11. The van der Waals surface area contributed by atoms with Gasteiger partial charge in [-0.2, -0.15) is 0 Å². The summed E-state index contributed by atoms with van der Waals surface area (Å²) in [5.41, 5.74) is 7.88. The number of carbonyl (C=O) groups excluding carboxylic acids is 1. The zero-order chi connectivity index (χ0) is 15.1. The SMILES string of the molecule is COC(CN)C(=O)NC(C)c1ccc(CC(C)C)cc1.Cl. The summed E-state index contributed by atoms with van der Waals surface area (Å²) in [6.45, 7) is 6.55. The molecule has 0 aromatic heterocycles. The van der Waals surface area contributed by atoms with Crippen LogP contribution >= 0.6 is 12.4 Å². The zero-order valence-electron chi connectivity index (χ0n) is 13.3. The van der Waals surface area contributed by atoms with Gasteiger partial charge in [-0.3, -0.25) is 4.79 Å². The highest BCUT2D eigenvalue weighted by atomic mass is 35.5. The molecule has 0 bridgehead atoms. The second kappa shape index (κ2) is 9.77. The maximum Gasteiger partial charge on any atom is 0.250 e. The van der Waals surface area contributed by atoms with E-state index in [4.69, 9.17) is 10.5 Å². The number of hydrogen-bond acceptors (Lipinski definition) is 3. The van der Waals surface area contributed by atoms with Crippen LogP contribution in [0.2, 0.25) is 0 Å². The van der Waals surface area contributed by atoms with Crippen LogP contribution in [0.25, 0.3) is 0 Å². The number of ether oxygens (including phenoxy) is 1. The second-order valence-electron chi connectivity index (χ2n) is 5.53. The first-order valence-electron chi connectivity index (χ1n) is 7.10. The van der Waals surface area contributed by atoms with E-state index in [9.17, 15) is 4.79 Å². The minimum absolute atomic E-state index is 0. The molecule has 0 radical (unpaired) electrons. The van der Waals surface area contributed by atoms with Crippen LogP contribution in [0.15, 0.2) is 24.3 Å². The molecule has 2 atom stereocenters. The number of methoxy groups -OCH3 is 1. The highest BCUT2D eigenvalue weighted by Crippen LogP contribution is 2.15. The molecule has 21 heavy (non-hydrogen) atoms. The van der Waals surface area contributed by atoms with E-state index in [1.807, 2.05) is 6.92 Å². The van der Waals surface area contributed by atoms with Crippen molar-refractivity contribution in [1.29, 1.82) is 0 Å². The van der Waals surface area contributed by atoms with Gasteiger partial charge in [0.15, 0.2) is 0 Å². The van der Waals surface area contributed by atoms with Crippen molar-refractivity contribution in [2.45, 2.75) is 39.3 Å². The van der Waals surface area contributed by atoms with Crippen LogP contribution in [-0.2, 0) is 16.0 Å². The van der Waals surface area contributed by atoms with Gasteiger partial charge in [-0.05, 0) is 30.4 Å². The van der Waals surface area contributed by atoms with Crippen molar-refractivity contribution in [1.82, 2.24) is 5.32 Å². The van der Waals surface area contributed by atoms with E-state index in [1.165, 1.54) is 12.7 Å². The summed E-state index contributed by atoms with van der Waals surface area (Å²) in [4.78, 5) is 11.9. The lowest BCUT2D eigenvalue weighted by Gasteiger charge is -2.19. The van der Waals surface area contributed by atoms with E-state index in [2.05, 4.69) is 43.4 Å². The number of nitrogens with one attached hydrogen (secondary N) is 1. The lowest BCUT2D eigenvalue weighted by Crippen LogP contribution is -2.41. The summed E-state index contributed by atoms with van der Waals surface area (Å²) in [5.74, 6) is 0.471. The first-order valence-corrected chi connectivity index (χ1v) is 7.10. The molecule has 1 aromatic carbocycles. The Morgan fingerprint density at radius 1 is 1.24 bits per heavy atom. The third-order valence-electron chi connectivity index (χ3n) is 3.27. The van der Waals surface area contributed by atoms with E-state index in [1.54, 1.807) is 0 Å². The quantitative estimate of drug-likeness (QED) is 0.812. The standard InChI is InChI=1S/C16H26N2O2.ClH/c1-11(2)9-13-5-7-14(8-6-13)12(3)18-16(19)15(10-17)20-4;/h5-8,11-12,15H,9-10,17H2,1-4H3,(H,18,19);1H. The van der Waals surface area contributed by atoms with Crippen molar-refractivity contribution >= 4 is 18.3 Å². The Morgan fingerprint density at radius 3 is 2.24 bits per heavy atom. The van der Waals surface area contributed by atoms with Crippen molar-refractivity contribution in [2.75, 3.05) is 13.7 Å². The van der Waals surface area contributed by atoms with Gasteiger partial charge in [0, 0.05) is 13.7 Å². The summed E-state index contributed by atoms with van der Waals surface area (Å²) >= 11 is 0. The topological polar surface area (TPSA) is 64.3 Å². The van der Waals surface area contributed by atoms with Gasteiger partial charge < -0.3 is 15.8 Å². The number of carbonyl (C=O) groups is 1. The molecular weight excluding hydrogens is 288 g/mol. The Morgan fingerprint density at radius 2 is 1.81 bits per heavy atom. The fraction of sp³-hybridized carbons (Fsp3) is 0.562. The molecule has 0 aliphatic carbocycles. The van der Waals surface area contributed by atoms with Crippen LogP contribution in [0.1, 0.15) is 37.9 Å². The molecule has 4 nitrogen and oxygen atoms in total. The second-order valence-corrected chi connectivity index (χ2v) is 5.53. The van der Waals surface area contributed by atoms with E-state index in [0.29, 0.717) is 5.92 Å². The minimum Gasteiger partial charge on any atom is -0.370 e. The third kappa shape index (κ3) is 6.46. The van der Waals surface area contributed by atoms with Crippen LogP contribution in [0.3, 0.4) is 0 Å². The van der Waals surface area contributed by atoms with E-state index in [-0.39, 0.29) is 30.9 Å². The Bertz CT molecular complexity index is 417. The summed E-state index contributed by atoms with van der Waals surface area (Å²) in [6.07, 6.45) is 0.484. The number of amides is 1. The van der Waals surface area contributed by atoms with Crippen LogP contribution < -0.4 is 11.1 Å². The smallest absolute Gasteiger partial charge is 0.250 e. The number of rotatable bonds is 7.